The number of rotatable bonds is 6. The molecule has 0 bridgehead atoms. The molecule has 2 aromatic heterocycles. The van der Waals surface area contributed by atoms with Gasteiger partial charge in [-0.15, -0.1) is 0 Å². The maximum atomic E-state index is 11.5. The largest absolute Gasteiger partial charge is 0.489 e. The summed E-state index contributed by atoms with van der Waals surface area (Å²) in [6, 6.07) is 23.7. The molecule has 0 saturated carbocycles. The molecule has 2 N–H and O–H groups in total. The maximum Gasteiger partial charge on any atom is 0.411 e. The molecule has 8 heteroatoms. The van der Waals surface area contributed by atoms with Gasteiger partial charge in [0.05, 0.1) is 11.2 Å². The first-order chi connectivity index (χ1) is 18.2. The average Bonchev–Trinajstić information content (AvgIpc) is 2.95. The molecule has 1 amide bonds. The van der Waals surface area contributed by atoms with E-state index in [1.165, 1.54) is 0 Å². The number of carbonyl (C=O) groups excluding carboxylic acids is 1. The van der Waals surface area contributed by atoms with Crippen LogP contribution in [0.2, 0.25) is 0 Å². The highest BCUT2D eigenvalue weighted by molar-refractivity contribution is 5.94. The summed E-state index contributed by atoms with van der Waals surface area (Å²) in [6.45, 7) is 0.592. The lowest BCUT2D eigenvalue weighted by Gasteiger charge is -2.20. The van der Waals surface area contributed by atoms with Gasteiger partial charge in [-0.3, -0.25) is 10.3 Å². The molecule has 6 rings (SSSR count). The Labute approximate surface area is 213 Å². The monoisotopic (exact) mass is 489 g/mol. The molecule has 3 heterocycles. The fraction of sp³-hybridized carbons (Fsp3) is 0.103. The molecule has 0 saturated heterocycles. The predicted molar refractivity (Wildman–Crippen MR) is 142 cm³/mol. The molecule has 0 fully saturated rings. The van der Waals surface area contributed by atoms with Crippen molar-refractivity contribution in [3.05, 3.63) is 96.3 Å². The van der Waals surface area contributed by atoms with Gasteiger partial charge in [0.25, 0.3) is 0 Å². The minimum atomic E-state index is -0.436. The smallest absolute Gasteiger partial charge is 0.411 e. The number of ether oxygens (including phenoxy) is 2. The summed E-state index contributed by atoms with van der Waals surface area (Å²) >= 11 is 0. The van der Waals surface area contributed by atoms with Gasteiger partial charge in [-0.1, -0.05) is 30.3 Å². The number of aromatic nitrogens is 3. The number of anilines is 2. The summed E-state index contributed by atoms with van der Waals surface area (Å²) in [5.41, 5.74) is 6.41. The molecule has 0 spiro atoms. The molecule has 182 valence electrons. The summed E-state index contributed by atoms with van der Waals surface area (Å²) < 4.78 is 11.3. The number of carbonyl (C=O) groups is 1. The van der Waals surface area contributed by atoms with Crippen LogP contribution in [0.25, 0.3) is 33.4 Å². The van der Waals surface area contributed by atoms with Crippen LogP contribution in [0, 0.1) is 0 Å². The van der Waals surface area contributed by atoms with Gasteiger partial charge in [-0.25, -0.2) is 14.8 Å². The zero-order valence-electron chi connectivity index (χ0n) is 20.1. The molecule has 0 aliphatic carbocycles. The summed E-state index contributed by atoms with van der Waals surface area (Å²) in [6.07, 6.45) is 3.05. The minimum Gasteiger partial charge on any atom is -0.489 e. The number of benzene rings is 3. The Morgan fingerprint density at radius 3 is 2.70 bits per heavy atom. The van der Waals surface area contributed by atoms with E-state index < -0.39 is 6.09 Å². The average molecular weight is 490 g/mol. The van der Waals surface area contributed by atoms with E-state index in [-0.39, 0.29) is 6.61 Å². The van der Waals surface area contributed by atoms with E-state index in [1.54, 1.807) is 12.4 Å². The first-order valence-electron chi connectivity index (χ1n) is 11.9. The molecule has 1 aliphatic heterocycles. The number of fused-ring (bicyclic) bond motifs is 2. The summed E-state index contributed by atoms with van der Waals surface area (Å²) in [7, 11) is 1.86. The lowest BCUT2D eigenvalue weighted by atomic mass is 10.0. The van der Waals surface area contributed by atoms with E-state index in [4.69, 9.17) is 19.4 Å². The maximum absolute atomic E-state index is 11.5. The van der Waals surface area contributed by atoms with Crippen LogP contribution in [-0.2, 0) is 18.0 Å². The highest BCUT2D eigenvalue weighted by atomic mass is 16.5. The van der Waals surface area contributed by atoms with Gasteiger partial charge in [0.2, 0.25) is 0 Å². The minimum absolute atomic E-state index is 0.232. The number of cyclic esters (lactones) is 1. The van der Waals surface area contributed by atoms with Gasteiger partial charge < -0.3 is 14.8 Å². The van der Waals surface area contributed by atoms with Crippen LogP contribution in [0.1, 0.15) is 11.1 Å². The Bertz CT molecular complexity index is 1620. The van der Waals surface area contributed by atoms with E-state index in [9.17, 15) is 4.79 Å². The van der Waals surface area contributed by atoms with Crippen molar-refractivity contribution in [1.29, 1.82) is 0 Å². The summed E-state index contributed by atoms with van der Waals surface area (Å²) in [5.74, 6) is 2.12. The number of pyridine rings is 1. The Morgan fingerprint density at radius 2 is 1.84 bits per heavy atom. The van der Waals surface area contributed by atoms with Crippen molar-refractivity contribution >= 4 is 28.5 Å². The van der Waals surface area contributed by atoms with Crippen LogP contribution in [0.5, 0.6) is 5.75 Å². The molecule has 0 radical (unpaired) electrons. The van der Waals surface area contributed by atoms with Crippen molar-refractivity contribution in [2.45, 2.75) is 13.2 Å². The number of nitrogens with one attached hydrogen (secondary N) is 2. The van der Waals surface area contributed by atoms with E-state index in [2.05, 4.69) is 27.8 Å². The molecule has 0 atom stereocenters. The van der Waals surface area contributed by atoms with Crippen LogP contribution < -0.4 is 15.4 Å². The third kappa shape index (κ3) is 4.52. The first kappa shape index (κ1) is 22.5. The van der Waals surface area contributed by atoms with E-state index in [0.29, 0.717) is 12.4 Å². The highest BCUT2D eigenvalue weighted by Gasteiger charge is 2.18. The van der Waals surface area contributed by atoms with Crippen LogP contribution in [0.4, 0.5) is 16.3 Å². The standard InChI is InChI=1S/C29H23N5O3/c1-30-28-23-14-19(10-11-26(23)32-27(34-28)20-7-4-12-31-15-20)18-5-2-8-22(13-18)36-16-21-6-3-9-25-24(21)17-37-29(35)33-25/h2-15H,16-17H2,1H3,(H,33,35)(H,30,32,34). The van der Waals surface area contributed by atoms with Crippen LogP contribution in [-0.4, -0.2) is 28.1 Å². The Morgan fingerprint density at radius 1 is 0.973 bits per heavy atom. The normalized spacial score (nSPS) is 12.4. The quantitative estimate of drug-likeness (QED) is 0.300. The summed E-state index contributed by atoms with van der Waals surface area (Å²) in [5, 5.41) is 6.86. The third-order valence-electron chi connectivity index (χ3n) is 6.27. The van der Waals surface area contributed by atoms with Crippen LogP contribution in [0.15, 0.2) is 85.2 Å². The molecular formula is C29H23N5O3. The Hall–Kier alpha value is -4.98. The lowest BCUT2D eigenvalue weighted by Crippen LogP contribution is -2.21. The lowest BCUT2D eigenvalue weighted by molar-refractivity contribution is 0.150. The molecule has 5 aromatic rings. The van der Waals surface area contributed by atoms with Crippen molar-refractivity contribution in [1.82, 2.24) is 15.0 Å². The van der Waals surface area contributed by atoms with Gasteiger partial charge in [0, 0.05) is 36.0 Å². The fourth-order valence-corrected chi connectivity index (χ4v) is 4.39. The van der Waals surface area contributed by atoms with Gasteiger partial charge in [-0.2, -0.15) is 0 Å². The van der Waals surface area contributed by atoms with Gasteiger partial charge in [0.15, 0.2) is 5.82 Å². The summed E-state index contributed by atoms with van der Waals surface area (Å²) in [4.78, 5) is 25.2. The second-order valence-corrected chi connectivity index (χ2v) is 8.58. The molecule has 37 heavy (non-hydrogen) atoms. The zero-order chi connectivity index (χ0) is 25.2. The van der Waals surface area contributed by atoms with Gasteiger partial charge >= 0.3 is 6.09 Å². The third-order valence-corrected chi connectivity index (χ3v) is 6.27. The molecule has 3 aromatic carbocycles. The van der Waals surface area contributed by atoms with Crippen molar-refractivity contribution in [2.24, 2.45) is 0 Å². The SMILES string of the molecule is CNc1nc(-c2cccnc2)nc2ccc(-c3cccc(OCc4cccc5c4COC(=O)N5)c3)cc12. The van der Waals surface area contributed by atoms with E-state index in [1.807, 2.05) is 67.7 Å². The van der Waals surface area contributed by atoms with Crippen LogP contribution in [0.3, 0.4) is 0 Å². The number of amides is 1. The molecule has 1 aliphatic rings. The second kappa shape index (κ2) is 9.58. The molecule has 0 unspecified atom stereocenters. The number of hydrogen-bond donors (Lipinski definition) is 2. The van der Waals surface area contributed by atoms with E-state index >= 15 is 0 Å². The Balaban J connectivity index is 1.27. The van der Waals surface area contributed by atoms with Crippen molar-refractivity contribution < 1.29 is 14.3 Å². The van der Waals surface area contributed by atoms with Crippen molar-refractivity contribution in [3.63, 3.8) is 0 Å². The van der Waals surface area contributed by atoms with E-state index in [0.717, 1.165) is 56.0 Å². The highest BCUT2D eigenvalue weighted by Crippen LogP contribution is 2.31. The molecular weight excluding hydrogens is 466 g/mol. The van der Waals surface area contributed by atoms with Crippen molar-refractivity contribution in [2.75, 3.05) is 17.7 Å². The van der Waals surface area contributed by atoms with Crippen LogP contribution >= 0.6 is 0 Å². The van der Waals surface area contributed by atoms with Gasteiger partial charge in [-0.05, 0) is 59.2 Å². The first-order valence-corrected chi connectivity index (χ1v) is 11.9. The molecule has 8 nitrogen and oxygen atoms in total. The Kier molecular flexibility index (Phi) is 5.82. The predicted octanol–water partition coefficient (Wildman–Crippen LogP) is 6.04. The zero-order valence-corrected chi connectivity index (χ0v) is 20.1. The number of nitrogens with zero attached hydrogens (tertiary/aromatic N) is 3. The fourth-order valence-electron chi connectivity index (χ4n) is 4.39. The van der Waals surface area contributed by atoms with Crippen molar-refractivity contribution in [3.8, 4) is 28.3 Å². The second-order valence-electron chi connectivity index (χ2n) is 8.58. The van der Waals surface area contributed by atoms with Gasteiger partial charge in [0.1, 0.15) is 24.8 Å². The number of hydrogen-bond acceptors (Lipinski definition) is 7. The topological polar surface area (TPSA) is 98.3 Å².